The van der Waals surface area contributed by atoms with Crippen molar-refractivity contribution in [3.63, 3.8) is 0 Å². The van der Waals surface area contributed by atoms with Crippen LogP contribution in [0.3, 0.4) is 0 Å². The lowest BCUT2D eigenvalue weighted by molar-refractivity contribution is 0.336. The second kappa shape index (κ2) is 6.74. The molecule has 0 aliphatic heterocycles. The zero-order valence-corrected chi connectivity index (χ0v) is 15.1. The van der Waals surface area contributed by atoms with Crippen LogP contribution in [0.1, 0.15) is 38.8 Å². The van der Waals surface area contributed by atoms with E-state index in [4.69, 9.17) is 0 Å². The number of rotatable bonds is 4. The highest BCUT2D eigenvalue weighted by atomic mass is 32.2. The van der Waals surface area contributed by atoms with Crippen LogP contribution in [0.4, 0.5) is 0 Å². The number of thioether (sulfide) groups is 1. The SMILES string of the molecule is CCSc1nc(=O)n(C(C)(C)C)c(=O)n1Cc1ccc(C)cc1. The summed E-state index contributed by atoms with van der Waals surface area (Å²) in [4.78, 5) is 29.3. The van der Waals surface area contributed by atoms with Crippen LogP contribution < -0.4 is 11.4 Å². The lowest BCUT2D eigenvalue weighted by Crippen LogP contribution is -2.49. The van der Waals surface area contributed by atoms with Crippen molar-refractivity contribution in [1.82, 2.24) is 14.1 Å². The van der Waals surface area contributed by atoms with E-state index in [9.17, 15) is 9.59 Å². The van der Waals surface area contributed by atoms with Gasteiger partial charge in [0.25, 0.3) is 0 Å². The highest BCUT2D eigenvalue weighted by Gasteiger charge is 2.22. The molecule has 0 bridgehead atoms. The summed E-state index contributed by atoms with van der Waals surface area (Å²) < 4.78 is 2.81. The summed E-state index contributed by atoms with van der Waals surface area (Å²) in [5.41, 5.74) is 0.775. The Labute approximate surface area is 140 Å². The van der Waals surface area contributed by atoms with E-state index in [1.54, 1.807) is 4.57 Å². The van der Waals surface area contributed by atoms with E-state index in [0.717, 1.165) is 11.3 Å². The lowest BCUT2D eigenvalue weighted by Gasteiger charge is -2.22. The van der Waals surface area contributed by atoms with Crippen molar-refractivity contribution < 1.29 is 0 Å². The van der Waals surface area contributed by atoms with Crippen LogP contribution in [0.2, 0.25) is 0 Å². The molecule has 0 fully saturated rings. The van der Waals surface area contributed by atoms with E-state index in [2.05, 4.69) is 4.98 Å². The molecule has 5 nitrogen and oxygen atoms in total. The molecule has 0 N–H and O–H groups in total. The average molecular weight is 333 g/mol. The van der Waals surface area contributed by atoms with E-state index in [-0.39, 0.29) is 5.69 Å². The molecule has 0 amide bonds. The van der Waals surface area contributed by atoms with Crippen LogP contribution in [0.15, 0.2) is 39.0 Å². The second-order valence-electron chi connectivity index (χ2n) is 6.47. The Morgan fingerprint density at radius 2 is 1.74 bits per heavy atom. The average Bonchev–Trinajstić information content (AvgIpc) is 2.43. The van der Waals surface area contributed by atoms with E-state index in [1.165, 1.54) is 21.9 Å². The smallest absolute Gasteiger partial charge is 0.268 e. The molecule has 0 radical (unpaired) electrons. The topological polar surface area (TPSA) is 56.9 Å². The van der Waals surface area contributed by atoms with Gasteiger partial charge in [0, 0.05) is 5.54 Å². The first-order valence-corrected chi connectivity index (χ1v) is 8.65. The van der Waals surface area contributed by atoms with Crippen molar-refractivity contribution in [2.45, 2.75) is 51.9 Å². The van der Waals surface area contributed by atoms with Gasteiger partial charge >= 0.3 is 11.4 Å². The Morgan fingerprint density at radius 1 is 1.13 bits per heavy atom. The van der Waals surface area contributed by atoms with Gasteiger partial charge in [0.1, 0.15) is 0 Å². The van der Waals surface area contributed by atoms with Gasteiger partial charge in [0.05, 0.1) is 6.54 Å². The molecule has 0 spiro atoms. The van der Waals surface area contributed by atoms with Gasteiger partial charge in [0.2, 0.25) is 0 Å². The van der Waals surface area contributed by atoms with Crippen molar-refractivity contribution in [1.29, 1.82) is 0 Å². The van der Waals surface area contributed by atoms with Gasteiger partial charge in [-0.15, -0.1) is 0 Å². The molecule has 2 rings (SSSR count). The molecule has 1 heterocycles. The molecular weight excluding hydrogens is 310 g/mol. The van der Waals surface area contributed by atoms with Crippen molar-refractivity contribution in [2.24, 2.45) is 0 Å². The Hall–Kier alpha value is -1.82. The lowest BCUT2D eigenvalue weighted by atomic mass is 10.1. The van der Waals surface area contributed by atoms with Crippen molar-refractivity contribution in [3.05, 3.63) is 56.4 Å². The Balaban J connectivity index is 2.61. The first kappa shape index (κ1) is 17.5. The van der Waals surface area contributed by atoms with Crippen LogP contribution in [-0.4, -0.2) is 19.9 Å². The van der Waals surface area contributed by atoms with Gasteiger partial charge in [-0.05, 0) is 39.0 Å². The number of benzene rings is 1. The minimum absolute atomic E-state index is 0.311. The minimum Gasteiger partial charge on any atom is -0.268 e. The third-order valence-electron chi connectivity index (χ3n) is 3.44. The normalized spacial score (nSPS) is 11.7. The molecule has 2 aromatic rings. The summed E-state index contributed by atoms with van der Waals surface area (Å²) in [7, 11) is 0. The number of hydrogen-bond donors (Lipinski definition) is 0. The number of aryl methyl sites for hydroxylation is 1. The molecule has 0 aliphatic rings. The standard InChI is InChI=1S/C17H23N3O2S/c1-6-23-15-18-14(21)20(17(3,4)5)16(22)19(15)11-13-9-7-12(2)8-10-13/h7-10H,6,11H2,1-5H3. The van der Waals surface area contributed by atoms with Gasteiger partial charge in [-0.1, -0.05) is 48.5 Å². The Morgan fingerprint density at radius 3 is 2.26 bits per heavy atom. The summed E-state index contributed by atoms with van der Waals surface area (Å²) >= 11 is 1.41. The predicted octanol–water partition coefficient (Wildman–Crippen LogP) is 2.63. The molecule has 1 aromatic carbocycles. The summed E-state index contributed by atoms with van der Waals surface area (Å²) in [6.45, 7) is 9.91. The zero-order chi connectivity index (χ0) is 17.2. The van der Waals surface area contributed by atoms with Gasteiger partial charge < -0.3 is 0 Å². The second-order valence-corrected chi connectivity index (χ2v) is 7.70. The summed E-state index contributed by atoms with van der Waals surface area (Å²) in [6, 6.07) is 8.02. The Kier molecular flexibility index (Phi) is 5.14. The molecule has 0 saturated heterocycles. The first-order valence-electron chi connectivity index (χ1n) is 7.66. The van der Waals surface area contributed by atoms with Crippen molar-refractivity contribution in [3.8, 4) is 0 Å². The van der Waals surface area contributed by atoms with Crippen LogP contribution >= 0.6 is 11.8 Å². The van der Waals surface area contributed by atoms with Crippen LogP contribution in [-0.2, 0) is 12.1 Å². The molecule has 23 heavy (non-hydrogen) atoms. The molecule has 0 saturated carbocycles. The van der Waals surface area contributed by atoms with Gasteiger partial charge in [0.15, 0.2) is 5.16 Å². The Bertz CT molecular complexity index is 799. The van der Waals surface area contributed by atoms with E-state index < -0.39 is 11.2 Å². The maximum absolute atomic E-state index is 12.9. The predicted molar refractivity (Wildman–Crippen MR) is 94.4 cm³/mol. The highest BCUT2D eigenvalue weighted by molar-refractivity contribution is 7.99. The fraction of sp³-hybridized carbons (Fsp3) is 0.471. The van der Waals surface area contributed by atoms with Gasteiger partial charge in [-0.2, -0.15) is 4.98 Å². The number of nitrogens with zero attached hydrogens (tertiary/aromatic N) is 3. The molecule has 124 valence electrons. The minimum atomic E-state index is -0.606. The maximum atomic E-state index is 12.9. The molecule has 6 heteroatoms. The quantitative estimate of drug-likeness (QED) is 0.807. The number of hydrogen-bond acceptors (Lipinski definition) is 4. The molecule has 1 aromatic heterocycles. The van der Waals surface area contributed by atoms with E-state index >= 15 is 0 Å². The zero-order valence-electron chi connectivity index (χ0n) is 14.3. The summed E-state index contributed by atoms with van der Waals surface area (Å²) in [6.07, 6.45) is 0. The van der Waals surface area contributed by atoms with E-state index in [0.29, 0.717) is 11.7 Å². The van der Waals surface area contributed by atoms with Crippen molar-refractivity contribution in [2.75, 3.05) is 5.75 Å². The third-order valence-corrected chi connectivity index (χ3v) is 4.30. The molecule has 0 aliphatic carbocycles. The monoisotopic (exact) mass is 333 g/mol. The van der Waals surface area contributed by atoms with Crippen molar-refractivity contribution >= 4 is 11.8 Å². The number of aromatic nitrogens is 3. The van der Waals surface area contributed by atoms with Crippen LogP contribution in [0.25, 0.3) is 0 Å². The summed E-state index contributed by atoms with van der Waals surface area (Å²) in [5, 5.41) is 0.476. The first-order chi connectivity index (χ1) is 10.7. The highest BCUT2D eigenvalue weighted by Crippen LogP contribution is 2.15. The van der Waals surface area contributed by atoms with Crippen LogP contribution in [0, 0.1) is 6.92 Å². The molecule has 0 atom stereocenters. The fourth-order valence-electron chi connectivity index (χ4n) is 2.30. The van der Waals surface area contributed by atoms with E-state index in [1.807, 2.05) is 58.9 Å². The van der Waals surface area contributed by atoms with Gasteiger partial charge in [-0.25, -0.2) is 14.2 Å². The molecular formula is C17H23N3O2S. The fourth-order valence-corrected chi connectivity index (χ4v) is 3.00. The third kappa shape index (κ3) is 3.93. The van der Waals surface area contributed by atoms with Crippen LogP contribution in [0.5, 0.6) is 0 Å². The largest absolute Gasteiger partial charge is 0.354 e. The maximum Gasteiger partial charge on any atom is 0.354 e. The molecule has 0 unspecified atom stereocenters. The van der Waals surface area contributed by atoms with Gasteiger partial charge in [-0.3, -0.25) is 4.57 Å². The summed E-state index contributed by atoms with van der Waals surface area (Å²) in [5.74, 6) is 0.749.